The van der Waals surface area contributed by atoms with Gasteiger partial charge in [0.15, 0.2) is 0 Å². The fourth-order valence-corrected chi connectivity index (χ4v) is 6.78. The molecule has 0 N–H and O–H groups in total. The van der Waals surface area contributed by atoms with Crippen molar-refractivity contribution in [3.63, 3.8) is 0 Å². The van der Waals surface area contributed by atoms with Gasteiger partial charge in [0.1, 0.15) is 0 Å². The summed E-state index contributed by atoms with van der Waals surface area (Å²) in [5.41, 5.74) is 8.07. The van der Waals surface area contributed by atoms with Crippen molar-refractivity contribution in [2.75, 3.05) is 9.80 Å². The second kappa shape index (κ2) is 12.1. The van der Waals surface area contributed by atoms with E-state index in [4.69, 9.17) is 0 Å². The Labute approximate surface area is 279 Å². The van der Waals surface area contributed by atoms with E-state index in [1.165, 1.54) is 32.7 Å². The minimum absolute atomic E-state index is 0.102. The van der Waals surface area contributed by atoms with Crippen LogP contribution in [-0.2, 0) is 11.0 Å². The van der Waals surface area contributed by atoms with Gasteiger partial charge in [-0.3, -0.25) is 0 Å². The van der Waals surface area contributed by atoms with Crippen LogP contribution in [0, 0.1) is 0 Å². The molecule has 0 aliphatic carbocycles. The van der Waals surface area contributed by atoms with E-state index < -0.39 is 0 Å². The number of benzene rings is 7. The zero-order valence-electron chi connectivity index (χ0n) is 28.0. The van der Waals surface area contributed by atoms with E-state index in [0.29, 0.717) is 0 Å². The first-order valence-corrected chi connectivity index (χ1v) is 16.5. The standard InChI is InChI=1S/C45H42N2/c1-44(2,3)36-23-25-37(26-24-36)45(4,5)47(41-27-22-33-14-9-10-16-35(33)32-41)40-30-28-39(29-31-40)46(38-18-7-6-8-19-38)43-21-13-17-34-15-11-12-20-42(34)43/h6-32H,1-5H3. The third-order valence-corrected chi connectivity index (χ3v) is 9.40. The molecule has 0 atom stereocenters. The molecular formula is C45H42N2. The lowest BCUT2D eigenvalue weighted by molar-refractivity contribution is 0.533. The molecule has 0 spiro atoms. The van der Waals surface area contributed by atoms with Gasteiger partial charge in [-0.15, -0.1) is 0 Å². The van der Waals surface area contributed by atoms with Gasteiger partial charge in [0.05, 0.1) is 11.2 Å². The molecule has 232 valence electrons. The smallest absolute Gasteiger partial charge is 0.0646 e. The highest BCUT2D eigenvalue weighted by Crippen LogP contribution is 2.43. The molecular weight excluding hydrogens is 569 g/mol. The van der Waals surface area contributed by atoms with Crippen molar-refractivity contribution in [2.45, 2.75) is 45.6 Å². The summed E-state index contributed by atoms with van der Waals surface area (Å²) in [5, 5.41) is 4.92. The second-order valence-electron chi connectivity index (χ2n) is 13.9. The predicted octanol–water partition coefficient (Wildman–Crippen LogP) is 12.8. The fraction of sp³-hybridized carbons (Fsp3) is 0.156. The Hall–Kier alpha value is -5.34. The number of anilines is 5. The summed E-state index contributed by atoms with van der Waals surface area (Å²) in [6.45, 7) is 11.5. The van der Waals surface area contributed by atoms with E-state index in [0.717, 1.165) is 28.4 Å². The Morgan fingerprint density at radius 1 is 0.383 bits per heavy atom. The molecule has 0 aliphatic heterocycles. The maximum absolute atomic E-state index is 2.49. The van der Waals surface area contributed by atoms with Gasteiger partial charge in [-0.1, -0.05) is 130 Å². The first-order chi connectivity index (χ1) is 22.7. The zero-order chi connectivity index (χ0) is 32.6. The fourth-order valence-electron chi connectivity index (χ4n) is 6.78. The second-order valence-corrected chi connectivity index (χ2v) is 13.9. The Bertz CT molecular complexity index is 2130. The van der Waals surface area contributed by atoms with Crippen molar-refractivity contribution in [1.29, 1.82) is 0 Å². The minimum Gasteiger partial charge on any atom is -0.332 e. The first kappa shape index (κ1) is 30.3. The summed E-state index contributed by atoms with van der Waals surface area (Å²) in [6.07, 6.45) is 0. The lowest BCUT2D eigenvalue weighted by atomic mass is 9.84. The molecule has 0 unspecified atom stereocenters. The van der Waals surface area contributed by atoms with Crippen LogP contribution in [0.15, 0.2) is 164 Å². The topological polar surface area (TPSA) is 6.48 Å². The normalized spacial score (nSPS) is 11.9. The van der Waals surface area contributed by atoms with Gasteiger partial charge in [0.2, 0.25) is 0 Å². The van der Waals surface area contributed by atoms with Crippen LogP contribution >= 0.6 is 0 Å². The van der Waals surface area contributed by atoms with Crippen LogP contribution < -0.4 is 9.80 Å². The van der Waals surface area contributed by atoms with Gasteiger partial charge in [-0.2, -0.15) is 0 Å². The maximum atomic E-state index is 2.49. The molecule has 2 heteroatoms. The largest absolute Gasteiger partial charge is 0.332 e. The Morgan fingerprint density at radius 3 is 1.62 bits per heavy atom. The van der Waals surface area contributed by atoms with Crippen LogP contribution in [-0.4, -0.2) is 0 Å². The van der Waals surface area contributed by atoms with Crippen LogP contribution in [0.3, 0.4) is 0 Å². The van der Waals surface area contributed by atoms with Crippen molar-refractivity contribution in [1.82, 2.24) is 0 Å². The average molecular weight is 611 g/mol. The van der Waals surface area contributed by atoms with E-state index in [-0.39, 0.29) is 11.0 Å². The van der Waals surface area contributed by atoms with E-state index >= 15 is 0 Å². The molecule has 2 nitrogen and oxygen atoms in total. The summed E-state index contributed by atoms with van der Waals surface area (Å²) in [7, 11) is 0. The quantitative estimate of drug-likeness (QED) is 0.177. The van der Waals surface area contributed by atoms with Gasteiger partial charge in [-0.25, -0.2) is 0 Å². The third kappa shape index (κ3) is 5.88. The predicted molar refractivity (Wildman–Crippen MR) is 203 cm³/mol. The van der Waals surface area contributed by atoms with E-state index in [9.17, 15) is 0 Å². The first-order valence-electron chi connectivity index (χ1n) is 16.5. The SMILES string of the molecule is CC(C)(C)c1ccc(C(C)(C)N(c2ccc(N(c3ccccc3)c3cccc4ccccc34)cc2)c2ccc3ccccc3c2)cc1. The van der Waals surface area contributed by atoms with Gasteiger partial charge in [0.25, 0.3) is 0 Å². The highest BCUT2D eigenvalue weighted by atomic mass is 15.2. The van der Waals surface area contributed by atoms with E-state index in [2.05, 4.69) is 208 Å². The van der Waals surface area contributed by atoms with E-state index in [1.54, 1.807) is 0 Å². The Balaban J connectivity index is 1.36. The number of hydrogen-bond acceptors (Lipinski definition) is 2. The maximum Gasteiger partial charge on any atom is 0.0646 e. The number of hydrogen-bond donors (Lipinski definition) is 0. The highest BCUT2D eigenvalue weighted by molar-refractivity contribution is 5.99. The van der Waals surface area contributed by atoms with Crippen LogP contribution in [0.1, 0.15) is 45.7 Å². The molecule has 0 heterocycles. The molecule has 0 amide bonds. The number of rotatable bonds is 7. The van der Waals surface area contributed by atoms with Gasteiger partial charge < -0.3 is 9.80 Å². The lowest BCUT2D eigenvalue weighted by Crippen LogP contribution is -2.38. The summed E-state index contributed by atoms with van der Waals surface area (Å²) in [4.78, 5) is 4.85. The van der Waals surface area contributed by atoms with Gasteiger partial charge in [0, 0.05) is 28.1 Å². The van der Waals surface area contributed by atoms with Crippen molar-refractivity contribution in [2.24, 2.45) is 0 Å². The number of nitrogens with zero attached hydrogens (tertiary/aromatic N) is 2. The summed E-state index contributed by atoms with van der Waals surface area (Å²) in [5.74, 6) is 0. The molecule has 0 fully saturated rings. The molecule has 47 heavy (non-hydrogen) atoms. The summed E-state index contributed by atoms with van der Waals surface area (Å²) in [6, 6.07) is 59.5. The average Bonchev–Trinajstić information content (AvgIpc) is 3.09. The minimum atomic E-state index is -0.338. The molecule has 7 aromatic rings. The summed E-state index contributed by atoms with van der Waals surface area (Å²) < 4.78 is 0. The number of para-hydroxylation sites is 1. The van der Waals surface area contributed by atoms with Crippen LogP contribution in [0.5, 0.6) is 0 Å². The van der Waals surface area contributed by atoms with Crippen molar-refractivity contribution in [3.05, 3.63) is 175 Å². The molecule has 0 aromatic heterocycles. The van der Waals surface area contributed by atoms with Crippen molar-refractivity contribution >= 4 is 50.0 Å². The van der Waals surface area contributed by atoms with Gasteiger partial charge >= 0.3 is 0 Å². The van der Waals surface area contributed by atoms with Gasteiger partial charge in [-0.05, 0) is 101 Å². The molecule has 0 saturated carbocycles. The molecule has 0 aliphatic rings. The van der Waals surface area contributed by atoms with E-state index in [1.807, 2.05) is 0 Å². The summed E-state index contributed by atoms with van der Waals surface area (Å²) >= 11 is 0. The molecule has 7 rings (SSSR count). The lowest BCUT2D eigenvalue weighted by Gasteiger charge is -2.41. The zero-order valence-corrected chi connectivity index (χ0v) is 28.0. The third-order valence-electron chi connectivity index (χ3n) is 9.40. The highest BCUT2D eigenvalue weighted by Gasteiger charge is 2.31. The molecule has 7 aromatic carbocycles. The van der Waals surface area contributed by atoms with Crippen molar-refractivity contribution < 1.29 is 0 Å². The van der Waals surface area contributed by atoms with Crippen LogP contribution in [0.25, 0.3) is 21.5 Å². The molecule has 0 radical (unpaired) electrons. The number of fused-ring (bicyclic) bond motifs is 2. The molecule has 0 bridgehead atoms. The van der Waals surface area contributed by atoms with Crippen LogP contribution in [0.4, 0.5) is 28.4 Å². The Kier molecular flexibility index (Phi) is 7.82. The van der Waals surface area contributed by atoms with Crippen LogP contribution in [0.2, 0.25) is 0 Å². The van der Waals surface area contributed by atoms with Crippen molar-refractivity contribution in [3.8, 4) is 0 Å². The monoisotopic (exact) mass is 610 g/mol. The molecule has 0 saturated heterocycles. The Morgan fingerprint density at radius 2 is 0.915 bits per heavy atom.